The van der Waals surface area contributed by atoms with Crippen LogP contribution in [-0.2, 0) is 6.54 Å². The fourth-order valence-electron chi connectivity index (χ4n) is 2.99. The molecule has 3 rings (SSSR count). The van der Waals surface area contributed by atoms with Gasteiger partial charge in [0.05, 0.1) is 0 Å². The fraction of sp³-hybridized carbons (Fsp3) is 0.294. The van der Waals surface area contributed by atoms with Gasteiger partial charge in [-0.15, -0.1) is 0 Å². The molecule has 1 atom stereocenters. The summed E-state index contributed by atoms with van der Waals surface area (Å²) in [5, 5.41) is 0. The van der Waals surface area contributed by atoms with Crippen LogP contribution in [0, 0.1) is 12.7 Å². The van der Waals surface area contributed by atoms with Gasteiger partial charge < -0.3 is 4.90 Å². The van der Waals surface area contributed by atoms with Gasteiger partial charge in [-0.1, -0.05) is 35.9 Å². The van der Waals surface area contributed by atoms with Gasteiger partial charge in [0.15, 0.2) is 0 Å². The SMILES string of the molecule is Cc1ccc2c(c1)CN(C)CC2c1cccc(F)c1. The summed E-state index contributed by atoms with van der Waals surface area (Å²) in [6.45, 7) is 4.04. The molecule has 0 radical (unpaired) electrons. The van der Waals surface area contributed by atoms with Gasteiger partial charge in [-0.05, 0) is 42.8 Å². The van der Waals surface area contributed by atoms with E-state index < -0.39 is 0 Å². The van der Waals surface area contributed by atoms with Crippen molar-refractivity contribution in [2.45, 2.75) is 19.4 Å². The first-order chi connectivity index (χ1) is 9.13. The van der Waals surface area contributed by atoms with Crippen molar-refractivity contribution in [1.82, 2.24) is 4.90 Å². The van der Waals surface area contributed by atoms with E-state index in [-0.39, 0.29) is 11.7 Å². The van der Waals surface area contributed by atoms with E-state index in [1.54, 1.807) is 12.1 Å². The number of aryl methyl sites for hydroxylation is 1. The van der Waals surface area contributed by atoms with E-state index >= 15 is 0 Å². The Bertz CT molecular complexity index is 606. The second kappa shape index (κ2) is 4.78. The van der Waals surface area contributed by atoms with E-state index in [4.69, 9.17) is 0 Å². The van der Waals surface area contributed by atoms with Crippen molar-refractivity contribution >= 4 is 0 Å². The van der Waals surface area contributed by atoms with Crippen molar-refractivity contribution in [2.24, 2.45) is 0 Å². The average molecular weight is 255 g/mol. The highest BCUT2D eigenvalue weighted by Crippen LogP contribution is 2.33. The van der Waals surface area contributed by atoms with E-state index in [2.05, 4.69) is 37.1 Å². The summed E-state index contributed by atoms with van der Waals surface area (Å²) in [6, 6.07) is 13.6. The molecular formula is C17H18FN. The second-order valence-corrected chi connectivity index (χ2v) is 5.51. The molecule has 0 aromatic heterocycles. The van der Waals surface area contributed by atoms with Gasteiger partial charge in [-0.2, -0.15) is 0 Å². The monoisotopic (exact) mass is 255 g/mol. The molecule has 0 spiro atoms. The summed E-state index contributed by atoms with van der Waals surface area (Å²) in [4.78, 5) is 2.30. The molecule has 2 heteroatoms. The Morgan fingerprint density at radius 1 is 1.16 bits per heavy atom. The van der Waals surface area contributed by atoms with Crippen LogP contribution in [0.3, 0.4) is 0 Å². The zero-order chi connectivity index (χ0) is 13.4. The number of hydrogen-bond acceptors (Lipinski definition) is 1. The standard InChI is InChI=1S/C17H18FN/c1-12-6-7-16-14(8-12)10-19(2)11-17(16)13-4-3-5-15(18)9-13/h3-9,17H,10-11H2,1-2H3. The number of halogens is 1. The van der Waals surface area contributed by atoms with Crippen molar-refractivity contribution in [2.75, 3.05) is 13.6 Å². The Balaban J connectivity index is 2.08. The van der Waals surface area contributed by atoms with E-state index in [1.807, 2.05) is 6.07 Å². The molecule has 2 aromatic rings. The normalized spacial score (nSPS) is 19.2. The molecule has 2 aromatic carbocycles. The lowest BCUT2D eigenvalue weighted by atomic mass is 9.84. The predicted molar refractivity (Wildman–Crippen MR) is 75.8 cm³/mol. The van der Waals surface area contributed by atoms with E-state index in [0.717, 1.165) is 18.7 Å². The topological polar surface area (TPSA) is 3.24 Å². The molecule has 98 valence electrons. The van der Waals surface area contributed by atoms with E-state index in [9.17, 15) is 4.39 Å². The minimum absolute atomic E-state index is 0.153. The minimum atomic E-state index is -0.153. The third-order valence-corrected chi connectivity index (χ3v) is 3.86. The molecule has 1 nitrogen and oxygen atoms in total. The summed E-state index contributed by atoms with van der Waals surface area (Å²) < 4.78 is 13.4. The molecule has 19 heavy (non-hydrogen) atoms. The summed E-state index contributed by atoms with van der Waals surface area (Å²) in [5.74, 6) is 0.115. The quantitative estimate of drug-likeness (QED) is 0.751. The molecule has 0 fully saturated rings. The van der Waals surface area contributed by atoms with Crippen molar-refractivity contribution in [3.8, 4) is 0 Å². The number of benzene rings is 2. The van der Waals surface area contributed by atoms with Gasteiger partial charge in [0, 0.05) is 19.0 Å². The smallest absolute Gasteiger partial charge is 0.123 e. The Labute approximate surface area is 113 Å². The number of likely N-dealkylation sites (N-methyl/N-ethyl adjacent to an activating group) is 1. The van der Waals surface area contributed by atoms with Crippen molar-refractivity contribution in [1.29, 1.82) is 0 Å². The zero-order valence-electron chi connectivity index (χ0n) is 11.4. The molecule has 1 heterocycles. The van der Waals surface area contributed by atoms with Crippen LogP contribution in [0.4, 0.5) is 4.39 Å². The first-order valence-corrected chi connectivity index (χ1v) is 6.67. The zero-order valence-corrected chi connectivity index (χ0v) is 11.4. The van der Waals surface area contributed by atoms with Crippen LogP contribution in [0.2, 0.25) is 0 Å². The van der Waals surface area contributed by atoms with Crippen molar-refractivity contribution in [3.05, 3.63) is 70.5 Å². The number of nitrogens with zero attached hydrogens (tertiary/aromatic N) is 1. The van der Waals surface area contributed by atoms with Gasteiger partial charge in [0.2, 0.25) is 0 Å². The highest BCUT2D eigenvalue weighted by Gasteiger charge is 2.24. The Morgan fingerprint density at radius 3 is 2.79 bits per heavy atom. The Kier molecular flexibility index (Phi) is 3.11. The van der Waals surface area contributed by atoms with Crippen LogP contribution in [-0.4, -0.2) is 18.5 Å². The summed E-state index contributed by atoms with van der Waals surface area (Å²) >= 11 is 0. The molecule has 0 amide bonds. The third-order valence-electron chi connectivity index (χ3n) is 3.86. The van der Waals surface area contributed by atoms with Crippen LogP contribution < -0.4 is 0 Å². The Hall–Kier alpha value is -1.67. The van der Waals surface area contributed by atoms with E-state index in [0.29, 0.717) is 0 Å². The molecule has 1 unspecified atom stereocenters. The number of rotatable bonds is 1. The summed E-state index contributed by atoms with van der Waals surface area (Å²) in [5.41, 5.74) is 5.06. The fourth-order valence-corrected chi connectivity index (χ4v) is 2.99. The maximum absolute atomic E-state index is 13.4. The number of fused-ring (bicyclic) bond motifs is 1. The van der Waals surface area contributed by atoms with Crippen molar-refractivity contribution in [3.63, 3.8) is 0 Å². The van der Waals surface area contributed by atoms with Crippen LogP contribution in [0.15, 0.2) is 42.5 Å². The van der Waals surface area contributed by atoms with E-state index in [1.165, 1.54) is 22.8 Å². The molecule has 0 aliphatic carbocycles. The van der Waals surface area contributed by atoms with Crippen molar-refractivity contribution < 1.29 is 4.39 Å². The van der Waals surface area contributed by atoms with Crippen LogP contribution in [0.1, 0.15) is 28.2 Å². The predicted octanol–water partition coefficient (Wildman–Crippen LogP) is 3.71. The van der Waals surface area contributed by atoms with Gasteiger partial charge in [-0.3, -0.25) is 0 Å². The second-order valence-electron chi connectivity index (χ2n) is 5.51. The van der Waals surface area contributed by atoms with Gasteiger partial charge in [-0.25, -0.2) is 4.39 Å². The maximum Gasteiger partial charge on any atom is 0.123 e. The maximum atomic E-state index is 13.4. The van der Waals surface area contributed by atoms with Crippen LogP contribution >= 0.6 is 0 Å². The van der Waals surface area contributed by atoms with Crippen LogP contribution in [0.25, 0.3) is 0 Å². The average Bonchev–Trinajstić information content (AvgIpc) is 2.37. The minimum Gasteiger partial charge on any atom is -0.301 e. The summed E-state index contributed by atoms with van der Waals surface area (Å²) in [6.07, 6.45) is 0. The van der Waals surface area contributed by atoms with Crippen LogP contribution in [0.5, 0.6) is 0 Å². The highest BCUT2D eigenvalue weighted by atomic mass is 19.1. The molecule has 0 saturated heterocycles. The Morgan fingerprint density at radius 2 is 2.00 bits per heavy atom. The first-order valence-electron chi connectivity index (χ1n) is 6.67. The third kappa shape index (κ3) is 2.41. The molecular weight excluding hydrogens is 237 g/mol. The lowest BCUT2D eigenvalue weighted by Crippen LogP contribution is -2.31. The molecule has 0 N–H and O–H groups in total. The first kappa shape index (κ1) is 12.4. The molecule has 1 aliphatic heterocycles. The van der Waals surface area contributed by atoms with Gasteiger partial charge in [0.1, 0.15) is 5.82 Å². The molecule has 0 saturated carbocycles. The molecule has 1 aliphatic rings. The lowest BCUT2D eigenvalue weighted by Gasteiger charge is -2.33. The number of hydrogen-bond donors (Lipinski definition) is 0. The van der Waals surface area contributed by atoms with Gasteiger partial charge in [0.25, 0.3) is 0 Å². The summed E-state index contributed by atoms with van der Waals surface area (Å²) in [7, 11) is 2.12. The molecule has 0 bridgehead atoms. The highest BCUT2D eigenvalue weighted by molar-refractivity contribution is 5.42. The van der Waals surface area contributed by atoms with Gasteiger partial charge >= 0.3 is 0 Å². The largest absolute Gasteiger partial charge is 0.301 e. The lowest BCUT2D eigenvalue weighted by molar-refractivity contribution is 0.295.